The first-order valence-corrected chi connectivity index (χ1v) is 14.1. The maximum absolute atomic E-state index is 14.7. The number of amides is 4. The van der Waals surface area contributed by atoms with Crippen LogP contribution in [0.4, 0.5) is 10.6 Å². The maximum Gasteiger partial charge on any atom is 0.330 e. The highest BCUT2D eigenvalue weighted by Gasteiger charge is 2.64. The van der Waals surface area contributed by atoms with E-state index < -0.39 is 29.3 Å². The van der Waals surface area contributed by atoms with Crippen LogP contribution in [-0.4, -0.2) is 59.4 Å². The third-order valence-electron chi connectivity index (χ3n) is 8.85. The molecule has 0 bridgehead atoms. The molecule has 4 aromatic rings. The van der Waals surface area contributed by atoms with Crippen molar-refractivity contribution in [2.75, 3.05) is 32.2 Å². The molecule has 7 rings (SSSR count). The van der Waals surface area contributed by atoms with E-state index in [0.717, 1.165) is 21.6 Å². The Labute approximate surface area is 246 Å². The summed E-state index contributed by atoms with van der Waals surface area (Å²) in [5.41, 5.74) is 1.29. The van der Waals surface area contributed by atoms with Crippen molar-refractivity contribution in [2.45, 2.75) is 25.3 Å². The summed E-state index contributed by atoms with van der Waals surface area (Å²) < 4.78 is 12.2. The van der Waals surface area contributed by atoms with Crippen LogP contribution in [0.1, 0.15) is 28.3 Å². The van der Waals surface area contributed by atoms with Crippen molar-refractivity contribution in [1.82, 2.24) is 19.6 Å². The highest BCUT2D eigenvalue weighted by molar-refractivity contribution is 6.20. The molecule has 43 heavy (non-hydrogen) atoms. The Kier molecular flexibility index (Phi) is 6.19. The smallest absolute Gasteiger partial charge is 0.330 e. The van der Waals surface area contributed by atoms with Crippen molar-refractivity contribution in [3.05, 3.63) is 99.5 Å². The summed E-state index contributed by atoms with van der Waals surface area (Å²) in [6, 6.07) is 16.8. The van der Waals surface area contributed by atoms with Crippen molar-refractivity contribution in [3.8, 4) is 11.5 Å². The van der Waals surface area contributed by atoms with Gasteiger partial charge in [-0.15, -0.1) is 0 Å². The second-order valence-corrected chi connectivity index (χ2v) is 11.0. The Morgan fingerprint density at radius 3 is 2.58 bits per heavy atom. The molecule has 0 radical (unpaired) electrons. The summed E-state index contributed by atoms with van der Waals surface area (Å²) in [6.07, 6.45) is 2.40. The molecule has 2 aromatic heterocycles. The molecule has 5 heterocycles. The molecule has 1 saturated heterocycles. The summed E-state index contributed by atoms with van der Waals surface area (Å²) in [4.78, 5) is 63.6. The summed E-state index contributed by atoms with van der Waals surface area (Å²) >= 11 is 0. The number of benzene rings is 2. The number of urea groups is 1. The second kappa shape index (κ2) is 9.97. The van der Waals surface area contributed by atoms with E-state index in [1.807, 2.05) is 41.3 Å². The van der Waals surface area contributed by atoms with Crippen molar-refractivity contribution < 1.29 is 23.9 Å². The first-order chi connectivity index (χ1) is 20.9. The van der Waals surface area contributed by atoms with E-state index in [1.54, 1.807) is 37.6 Å². The van der Waals surface area contributed by atoms with Gasteiger partial charge in [0.25, 0.3) is 5.56 Å². The van der Waals surface area contributed by atoms with Crippen molar-refractivity contribution in [1.29, 1.82) is 0 Å². The van der Waals surface area contributed by atoms with Crippen LogP contribution in [0.15, 0.2) is 71.7 Å². The molecule has 4 amide bonds. The summed E-state index contributed by atoms with van der Waals surface area (Å²) in [7, 11) is 3.08. The lowest BCUT2D eigenvalue weighted by Crippen LogP contribution is -2.70. The van der Waals surface area contributed by atoms with Crippen LogP contribution in [0.5, 0.6) is 11.5 Å². The molecule has 11 nitrogen and oxygen atoms in total. The predicted molar refractivity (Wildman–Crippen MR) is 156 cm³/mol. The fourth-order valence-corrected chi connectivity index (χ4v) is 6.79. The van der Waals surface area contributed by atoms with Crippen LogP contribution in [-0.2, 0) is 28.9 Å². The van der Waals surface area contributed by atoms with E-state index in [4.69, 9.17) is 14.5 Å². The van der Waals surface area contributed by atoms with Gasteiger partial charge in [0.1, 0.15) is 11.5 Å². The van der Waals surface area contributed by atoms with Gasteiger partial charge in [-0.3, -0.25) is 29.0 Å². The minimum Gasteiger partial charge on any atom is -0.493 e. The summed E-state index contributed by atoms with van der Waals surface area (Å²) in [6.45, 7) is 0.470. The maximum atomic E-state index is 14.7. The predicted octanol–water partition coefficient (Wildman–Crippen LogP) is 2.68. The molecule has 0 unspecified atom stereocenters. The van der Waals surface area contributed by atoms with Gasteiger partial charge in [-0.1, -0.05) is 36.4 Å². The lowest BCUT2D eigenvalue weighted by molar-refractivity contribution is -0.154. The van der Waals surface area contributed by atoms with Crippen molar-refractivity contribution >= 4 is 29.3 Å². The molecule has 3 aliphatic rings. The molecule has 1 fully saturated rings. The number of carbonyl (C=O) groups excluding carboxylic acids is 3. The Bertz CT molecular complexity index is 1890. The van der Waals surface area contributed by atoms with Crippen LogP contribution in [0.25, 0.3) is 5.65 Å². The molecule has 3 aliphatic heterocycles. The SMILES string of the molecule is COc1ccc(CCN2C(=O)NC(=O)[C@]3(Cc4c(nc5ccccn5c4=O)N4CCc5ccccc5[C@@H]43)C2=O)cc1OC. The third kappa shape index (κ3) is 3.91. The normalized spacial score (nSPS) is 20.9. The molecule has 11 heteroatoms. The number of barbiturate groups is 1. The van der Waals surface area contributed by atoms with E-state index in [1.165, 1.54) is 11.5 Å². The van der Waals surface area contributed by atoms with Gasteiger partial charge < -0.3 is 14.4 Å². The molecule has 0 aliphatic carbocycles. The number of nitrogens with zero attached hydrogens (tertiary/aromatic N) is 4. The first kappa shape index (κ1) is 26.7. The third-order valence-corrected chi connectivity index (χ3v) is 8.85. The van der Waals surface area contributed by atoms with Gasteiger partial charge in [0.2, 0.25) is 11.8 Å². The minimum atomic E-state index is -1.76. The van der Waals surface area contributed by atoms with E-state index in [2.05, 4.69) is 5.32 Å². The van der Waals surface area contributed by atoms with E-state index in [9.17, 15) is 19.2 Å². The number of ether oxygens (including phenoxy) is 2. The molecule has 218 valence electrons. The van der Waals surface area contributed by atoms with Crippen LogP contribution < -0.4 is 25.2 Å². The molecule has 1 N–H and O–H groups in total. The topological polar surface area (TPSA) is 123 Å². The molecular formula is C32H29N5O6. The number of hydrogen-bond acceptors (Lipinski definition) is 8. The van der Waals surface area contributed by atoms with Crippen molar-refractivity contribution in [2.24, 2.45) is 5.41 Å². The standard InChI is InChI=1S/C32H29N5O6/c1-42-23-11-10-19(17-24(23)43-2)12-15-37-30(40)32(29(39)34-31(37)41)18-22-27(33-25-9-5-6-14-35(25)28(22)38)36-16-13-20-7-3-4-8-21(20)26(32)36/h3-11,14,17,26H,12-13,15-16,18H2,1-2H3,(H,34,39,41)/t26-,32-/m1/s1. The lowest BCUT2D eigenvalue weighted by Gasteiger charge is -2.53. The number of fused-ring (bicyclic) bond motifs is 7. The molecule has 0 saturated carbocycles. The lowest BCUT2D eigenvalue weighted by atomic mass is 9.65. The summed E-state index contributed by atoms with van der Waals surface area (Å²) in [5, 5.41) is 2.48. The average Bonchev–Trinajstić information content (AvgIpc) is 3.03. The number of aromatic nitrogens is 2. The monoisotopic (exact) mass is 579 g/mol. The number of anilines is 1. The molecule has 2 aromatic carbocycles. The number of pyridine rings is 1. The number of rotatable bonds is 5. The minimum absolute atomic E-state index is 0.0192. The molecule has 1 spiro atoms. The highest BCUT2D eigenvalue weighted by atomic mass is 16.5. The number of imide groups is 2. The van der Waals surface area contributed by atoms with Crippen molar-refractivity contribution in [3.63, 3.8) is 0 Å². The first-order valence-electron chi connectivity index (χ1n) is 14.1. The number of hydrogen-bond donors (Lipinski definition) is 1. The zero-order chi connectivity index (χ0) is 29.9. The van der Waals surface area contributed by atoms with Gasteiger partial charge in [0.15, 0.2) is 16.9 Å². The van der Waals surface area contributed by atoms with Crippen LogP contribution in [0.2, 0.25) is 0 Å². The Morgan fingerprint density at radius 2 is 1.77 bits per heavy atom. The van der Waals surface area contributed by atoms with E-state index in [-0.39, 0.29) is 24.1 Å². The summed E-state index contributed by atoms with van der Waals surface area (Å²) in [5.74, 6) is 0.221. The molecule has 2 atom stereocenters. The zero-order valence-corrected chi connectivity index (χ0v) is 23.7. The second-order valence-electron chi connectivity index (χ2n) is 11.0. The van der Waals surface area contributed by atoms with E-state index in [0.29, 0.717) is 42.4 Å². The van der Waals surface area contributed by atoms with Gasteiger partial charge in [0.05, 0.1) is 25.8 Å². The van der Waals surface area contributed by atoms with Gasteiger partial charge in [-0.2, -0.15) is 0 Å². The Morgan fingerprint density at radius 1 is 0.977 bits per heavy atom. The van der Waals surface area contributed by atoms with Gasteiger partial charge >= 0.3 is 6.03 Å². The number of carbonyl (C=O) groups is 3. The highest BCUT2D eigenvalue weighted by Crippen LogP contribution is 2.52. The number of methoxy groups -OCH3 is 2. The van der Waals surface area contributed by atoms with Crippen LogP contribution in [0, 0.1) is 5.41 Å². The fraction of sp³-hybridized carbons (Fsp3) is 0.281. The quantitative estimate of drug-likeness (QED) is 0.358. The van der Waals surface area contributed by atoms with Crippen LogP contribution >= 0.6 is 0 Å². The van der Waals surface area contributed by atoms with Gasteiger partial charge in [-0.25, -0.2) is 9.78 Å². The Hall–Kier alpha value is -5.19. The molecular weight excluding hydrogens is 550 g/mol. The fourth-order valence-electron chi connectivity index (χ4n) is 6.79. The van der Waals surface area contributed by atoms with E-state index >= 15 is 0 Å². The Balaban J connectivity index is 1.35. The van der Waals surface area contributed by atoms with Gasteiger partial charge in [-0.05, 0) is 53.8 Å². The largest absolute Gasteiger partial charge is 0.493 e. The number of nitrogens with one attached hydrogen (secondary N) is 1. The zero-order valence-electron chi connectivity index (χ0n) is 23.7. The van der Waals surface area contributed by atoms with Gasteiger partial charge in [0, 0.05) is 25.7 Å². The average molecular weight is 580 g/mol. The van der Waals surface area contributed by atoms with Crippen LogP contribution in [0.3, 0.4) is 0 Å².